The predicted molar refractivity (Wildman–Crippen MR) is 158 cm³/mol. The Hall–Kier alpha value is -4.88. The minimum atomic E-state index is -1.37. The first-order valence-corrected chi connectivity index (χ1v) is 14.7. The van der Waals surface area contributed by atoms with Crippen LogP contribution in [-0.4, -0.2) is 73.1 Å². The number of aromatic carboxylic acids is 1. The second-order valence-electron chi connectivity index (χ2n) is 11.6. The maximum absolute atomic E-state index is 15.6. The number of benzene rings is 2. The molecule has 14 heteroatoms. The first-order valence-electron chi connectivity index (χ1n) is 14.7. The number of carboxylic acid groups (broad SMARTS) is 1. The zero-order chi connectivity index (χ0) is 32.0. The number of halogens is 2. The molecule has 3 aliphatic rings. The Morgan fingerprint density at radius 3 is 2.58 bits per heavy atom. The summed E-state index contributed by atoms with van der Waals surface area (Å²) in [6.45, 7) is 4.85. The van der Waals surface area contributed by atoms with Gasteiger partial charge in [0.15, 0.2) is 23.1 Å². The highest BCUT2D eigenvalue weighted by Gasteiger charge is 2.34. The largest absolute Gasteiger partial charge is 0.490 e. The van der Waals surface area contributed by atoms with E-state index < -0.39 is 40.8 Å². The Labute approximate surface area is 256 Å². The molecule has 0 aliphatic carbocycles. The van der Waals surface area contributed by atoms with Crippen LogP contribution in [0, 0.1) is 17.6 Å². The van der Waals surface area contributed by atoms with E-state index >= 15 is 4.39 Å². The minimum absolute atomic E-state index is 0.0368. The van der Waals surface area contributed by atoms with Crippen LogP contribution in [0.2, 0.25) is 0 Å². The van der Waals surface area contributed by atoms with Crippen molar-refractivity contribution < 1.29 is 42.5 Å². The smallest absolute Gasteiger partial charge is 0.414 e. The molecule has 1 unspecified atom stereocenters. The topological polar surface area (TPSA) is 140 Å². The van der Waals surface area contributed by atoms with Gasteiger partial charge in [0.2, 0.25) is 11.3 Å². The van der Waals surface area contributed by atoms with Crippen LogP contribution in [0.15, 0.2) is 35.3 Å². The van der Waals surface area contributed by atoms with Gasteiger partial charge in [-0.3, -0.25) is 14.5 Å². The van der Waals surface area contributed by atoms with E-state index in [1.54, 1.807) is 10.6 Å². The Morgan fingerprint density at radius 1 is 1.13 bits per heavy atom. The molecule has 2 saturated heterocycles. The van der Waals surface area contributed by atoms with Crippen LogP contribution < -0.4 is 30.0 Å². The van der Waals surface area contributed by atoms with Gasteiger partial charge in [0.25, 0.3) is 0 Å². The van der Waals surface area contributed by atoms with Gasteiger partial charge in [-0.15, -0.1) is 0 Å². The molecule has 0 saturated carbocycles. The van der Waals surface area contributed by atoms with Crippen molar-refractivity contribution in [3.63, 3.8) is 0 Å². The van der Waals surface area contributed by atoms with Crippen LogP contribution in [0.1, 0.15) is 43.1 Å². The molecule has 0 spiro atoms. The normalized spacial score (nSPS) is 19.8. The fourth-order valence-corrected chi connectivity index (χ4v) is 6.06. The Bertz CT molecular complexity index is 1750. The molecule has 2 amide bonds. The number of amides is 2. The van der Waals surface area contributed by atoms with Crippen molar-refractivity contribution in [2.75, 3.05) is 49.2 Å². The van der Waals surface area contributed by atoms with Gasteiger partial charge >= 0.3 is 12.1 Å². The SMILES string of the molecule is CC(=O)NC[C@H]1CN(c2ccc(OCC3CCN(c4c(F)cc5c(=O)c(C(=O)O)cn6c5c4OCC6C)CC3)c(F)c2)C(=O)O1. The summed E-state index contributed by atoms with van der Waals surface area (Å²) in [6.07, 6.45) is 1.36. The van der Waals surface area contributed by atoms with Gasteiger partial charge in [-0.25, -0.2) is 18.4 Å². The van der Waals surface area contributed by atoms with Gasteiger partial charge in [-0.05, 0) is 43.9 Å². The molecule has 3 aliphatic heterocycles. The summed E-state index contributed by atoms with van der Waals surface area (Å²) >= 11 is 0. The van der Waals surface area contributed by atoms with Crippen molar-refractivity contribution in [3.8, 4) is 11.5 Å². The molecule has 0 radical (unpaired) electrons. The van der Waals surface area contributed by atoms with Crippen LogP contribution in [-0.2, 0) is 9.53 Å². The minimum Gasteiger partial charge on any atom is -0.490 e. The number of carbonyl (C=O) groups is 3. The molecule has 2 N–H and O–H groups in total. The third-order valence-corrected chi connectivity index (χ3v) is 8.46. The van der Waals surface area contributed by atoms with Crippen molar-refractivity contribution in [2.24, 2.45) is 5.92 Å². The summed E-state index contributed by atoms with van der Waals surface area (Å²) in [5.41, 5.74) is -0.277. The van der Waals surface area contributed by atoms with Crippen LogP contribution >= 0.6 is 0 Å². The number of cyclic esters (lactones) is 1. The van der Waals surface area contributed by atoms with E-state index in [1.165, 1.54) is 30.2 Å². The third kappa shape index (κ3) is 5.71. The van der Waals surface area contributed by atoms with E-state index in [2.05, 4.69) is 5.32 Å². The first-order chi connectivity index (χ1) is 21.5. The van der Waals surface area contributed by atoms with Gasteiger partial charge in [0.05, 0.1) is 42.3 Å². The van der Waals surface area contributed by atoms with E-state index in [9.17, 15) is 28.7 Å². The van der Waals surface area contributed by atoms with Crippen molar-refractivity contribution in [3.05, 3.63) is 57.9 Å². The summed E-state index contributed by atoms with van der Waals surface area (Å²) in [5, 5.41) is 12.1. The van der Waals surface area contributed by atoms with Crippen LogP contribution in [0.3, 0.4) is 0 Å². The molecule has 4 heterocycles. The maximum Gasteiger partial charge on any atom is 0.414 e. The van der Waals surface area contributed by atoms with Crippen LogP contribution in [0.4, 0.5) is 25.0 Å². The third-order valence-electron chi connectivity index (χ3n) is 8.46. The molecular formula is C31H32F2N4O8. The summed E-state index contributed by atoms with van der Waals surface area (Å²) in [4.78, 5) is 51.1. The number of nitrogens with zero attached hydrogens (tertiary/aromatic N) is 3. The fourth-order valence-electron chi connectivity index (χ4n) is 6.06. The molecular weight excluding hydrogens is 594 g/mol. The number of pyridine rings is 1. The number of piperidine rings is 1. The second-order valence-corrected chi connectivity index (χ2v) is 11.6. The van der Waals surface area contributed by atoms with Gasteiger partial charge in [0.1, 0.15) is 24.0 Å². The van der Waals surface area contributed by atoms with E-state index in [0.717, 1.165) is 6.07 Å². The first kappa shape index (κ1) is 30.2. The second kappa shape index (κ2) is 11.9. The summed E-state index contributed by atoms with van der Waals surface area (Å²) in [6, 6.07) is 5.06. The lowest BCUT2D eigenvalue weighted by Crippen LogP contribution is -2.37. The van der Waals surface area contributed by atoms with Gasteiger partial charge in [-0.1, -0.05) is 0 Å². The highest BCUT2D eigenvalue weighted by atomic mass is 19.1. The monoisotopic (exact) mass is 626 g/mol. The molecule has 0 bridgehead atoms. The lowest BCUT2D eigenvalue weighted by atomic mass is 9.96. The zero-order valence-electron chi connectivity index (χ0n) is 24.7. The summed E-state index contributed by atoms with van der Waals surface area (Å²) in [7, 11) is 0. The van der Waals surface area contributed by atoms with E-state index in [0.29, 0.717) is 37.1 Å². The van der Waals surface area contributed by atoms with Crippen molar-refractivity contribution in [2.45, 2.75) is 38.8 Å². The molecule has 2 fully saturated rings. The van der Waals surface area contributed by atoms with Crippen molar-refractivity contribution in [1.29, 1.82) is 0 Å². The molecule has 1 aromatic heterocycles. The number of aromatic nitrogens is 1. The molecule has 45 heavy (non-hydrogen) atoms. The number of ether oxygens (including phenoxy) is 3. The van der Waals surface area contributed by atoms with E-state index in [4.69, 9.17) is 14.2 Å². The van der Waals surface area contributed by atoms with Crippen molar-refractivity contribution in [1.82, 2.24) is 9.88 Å². The molecule has 2 aromatic carbocycles. The lowest BCUT2D eigenvalue weighted by molar-refractivity contribution is -0.119. The van der Waals surface area contributed by atoms with E-state index in [-0.39, 0.29) is 66.7 Å². The lowest BCUT2D eigenvalue weighted by Gasteiger charge is -2.36. The van der Waals surface area contributed by atoms with Crippen LogP contribution in [0.25, 0.3) is 10.9 Å². The number of anilines is 2. The molecule has 6 rings (SSSR count). The average molecular weight is 627 g/mol. The Kier molecular flexibility index (Phi) is 7.97. The predicted octanol–water partition coefficient (Wildman–Crippen LogP) is 3.69. The molecule has 2 atom stereocenters. The Morgan fingerprint density at radius 2 is 1.89 bits per heavy atom. The summed E-state index contributed by atoms with van der Waals surface area (Å²) < 4.78 is 49.2. The number of carboxylic acids is 1. The zero-order valence-corrected chi connectivity index (χ0v) is 24.7. The highest BCUT2D eigenvalue weighted by molar-refractivity contribution is 5.97. The fraction of sp³-hybridized carbons (Fsp3) is 0.419. The quantitative estimate of drug-likeness (QED) is 0.383. The average Bonchev–Trinajstić information content (AvgIpc) is 3.38. The Balaban J connectivity index is 1.11. The van der Waals surface area contributed by atoms with Gasteiger partial charge in [-0.2, -0.15) is 0 Å². The van der Waals surface area contributed by atoms with Gasteiger partial charge < -0.3 is 34.1 Å². The standard InChI is InChI=1S/C31H32F2N4O8/c1-16-14-44-29-26-21(28(39)22(30(40)41)13-36(16)26)10-24(33)27(29)35-7-5-18(6-8-35)15-43-25-4-3-19(9-23(25)32)37-12-20(45-31(37)42)11-34-17(2)38/h3-4,9-10,13,16,18,20H,5-8,11-12,14-15H2,1-2H3,(H,34,38)(H,40,41)/t16?,20-/m0/s1. The number of carbonyl (C=O) groups excluding carboxylic acids is 2. The molecule has 12 nitrogen and oxygen atoms in total. The maximum atomic E-state index is 15.6. The number of nitrogens with one attached hydrogen (secondary N) is 1. The number of hydrogen-bond donors (Lipinski definition) is 2. The molecule has 238 valence electrons. The summed E-state index contributed by atoms with van der Waals surface area (Å²) in [5.74, 6) is -2.61. The number of rotatable bonds is 8. The van der Waals surface area contributed by atoms with E-state index in [1.807, 2.05) is 11.8 Å². The number of hydrogen-bond acceptors (Lipinski definition) is 8. The van der Waals surface area contributed by atoms with Gasteiger partial charge in [0, 0.05) is 32.3 Å². The van der Waals surface area contributed by atoms with Crippen molar-refractivity contribution >= 4 is 40.2 Å². The highest BCUT2D eigenvalue weighted by Crippen LogP contribution is 2.43. The van der Waals surface area contributed by atoms with Crippen LogP contribution in [0.5, 0.6) is 11.5 Å². The molecule has 3 aromatic rings.